The van der Waals surface area contributed by atoms with Gasteiger partial charge in [0, 0.05) is 17.7 Å². The van der Waals surface area contributed by atoms with Crippen LogP contribution >= 0.6 is 0 Å². The van der Waals surface area contributed by atoms with Crippen LogP contribution in [-0.4, -0.2) is 23.6 Å². The van der Waals surface area contributed by atoms with Gasteiger partial charge in [0.15, 0.2) is 0 Å². The summed E-state index contributed by atoms with van der Waals surface area (Å²) in [6.45, 7) is 7.70. The third-order valence-electron chi connectivity index (χ3n) is 3.92. The smallest absolute Gasteiger partial charge is 0.114 e. The van der Waals surface area contributed by atoms with Crippen LogP contribution in [-0.2, 0) is 11.8 Å². The van der Waals surface area contributed by atoms with E-state index in [1.165, 1.54) is 36.5 Å². The minimum absolute atomic E-state index is 0.286. The molecular weight excluding hydrogens is 210 g/mol. The van der Waals surface area contributed by atoms with Gasteiger partial charge < -0.3 is 10.3 Å². The first-order chi connectivity index (χ1) is 8.07. The maximum atomic E-state index is 4.87. The van der Waals surface area contributed by atoms with Gasteiger partial charge in [0.2, 0.25) is 0 Å². The van der Waals surface area contributed by atoms with E-state index in [9.17, 15) is 0 Å². The predicted molar refractivity (Wildman–Crippen MR) is 71.3 cm³/mol. The minimum atomic E-state index is 0.286. The molecule has 1 saturated carbocycles. The molecule has 0 atom stereocenters. The highest BCUT2D eigenvalue weighted by Gasteiger charge is 2.40. The zero-order valence-corrected chi connectivity index (χ0v) is 11.6. The van der Waals surface area contributed by atoms with Crippen molar-refractivity contribution in [1.82, 2.24) is 15.3 Å². The molecule has 1 aliphatic carbocycles. The average molecular weight is 235 g/mol. The van der Waals surface area contributed by atoms with E-state index in [0.29, 0.717) is 5.92 Å². The molecule has 1 fully saturated rings. The van der Waals surface area contributed by atoms with Gasteiger partial charge in [-0.2, -0.15) is 0 Å². The first-order valence-corrected chi connectivity index (χ1v) is 6.78. The molecule has 1 heterocycles. The van der Waals surface area contributed by atoms with Gasteiger partial charge in [-0.15, -0.1) is 0 Å². The first kappa shape index (κ1) is 12.6. The largest absolute Gasteiger partial charge is 0.345 e. The Labute approximate surface area is 104 Å². The fourth-order valence-electron chi connectivity index (χ4n) is 2.77. The van der Waals surface area contributed by atoms with Crippen LogP contribution in [0.2, 0.25) is 0 Å². The van der Waals surface area contributed by atoms with Gasteiger partial charge in [-0.1, -0.05) is 20.3 Å². The number of nitrogens with one attached hydrogen (secondary N) is 2. The number of nitrogens with zero attached hydrogens (tertiary/aromatic N) is 1. The van der Waals surface area contributed by atoms with Crippen molar-refractivity contribution >= 4 is 0 Å². The summed E-state index contributed by atoms with van der Waals surface area (Å²) < 4.78 is 0. The van der Waals surface area contributed by atoms with E-state index < -0.39 is 0 Å². The van der Waals surface area contributed by atoms with Gasteiger partial charge in [-0.05, 0) is 39.2 Å². The second kappa shape index (κ2) is 4.81. The Morgan fingerprint density at radius 3 is 2.59 bits per heavy atom. The molecule has 0 unspecified atom stereocenters. The van der Waals surface area contributed by atoms with Crippen LogP contribution in [0.15, 0.2) is 0 Å². The summed E-state index contributed by atoms with van der Waals surface area (Å²) in [7, 11) is 2.03. The molecule has 17 heavy (non-hydrogen) atoms. The van der Waals surface area contributed by atoms with Crippen LogP contribution in [0.4, 0.5) is 0 Å². The summed E-state index contributed by atoms with van der Waals surface area (Å²) in [4.78, 5) is 8.39. The molecule has 96 valence electrons. The number of imidazole rings is 1. The molecule has 0 spiro atoms. The predicted octanol–water partition coefficient (Wildman–Crippen LogP) is 2.56. The molecule has 0 amide bonds. The van der Waals surface area contributed by atoms with E-state index in [4.69, 9.17) is 4.98 Å². The van der Waals surface area contributed by atoms with Crippen LogP contribution < -0.4 is 5.32 Å². The van der Waals surface area contributed by atoms with Crippen LogP contribution in [0.5, 0.6) is 0 Å². The molecular formula is C14H25N3. The SMILES string of the molecule is CNCC1(c2nc(CC(C)C)c(C)[nH]2)CCC1. The summed E-state index contributed by atoms with van der Waals surface area (Å²) >= 11 is 0. The van der Waals surface area contributed by atoms with Crippen molar-refractivity contribution in [3.63, 3.8) is 0 Å². The molecule has 2 N–H and O–H groups in total. The van der Waals surface area contributed by atoms with Crippen molar-refractivity contribution in [2.75, 3.05) is 13.6 Å². The second-order valence-corrected chi connectivity index (χ2v) is 5.92. The Balaban J connectivity index is 2.21. The molecule has 1 aliphatic rings. The number of aryl methyl sites for hydroxylation is 1. The topological polar surface area (TPSA) is 40.7 Å². The van der Waals surface area contributed by atoms with E-state index in [1.54, 1.807) is 0 Å². The summed E-state index contributed by atoms with van der Waals surface area (Å²) in [6.07, 6.45) is 4.95. The maximum Gasteiger partial charge on any atom is 0.114 e. The van der Waals surface area contributed by atoms with E-state index in [0.717, 1.165) is 13.0 Å². The molecule has 0 radical (unpaired) electrons. The fraction of sp³-hybridized carbons (Fsp3) is 0.786. The molecule has 0 bridgehead atoms. The molecule has 1 aromatic rings. The number of aromatic nitrogens is 2. The molecule has 1 aromatic heterocycles. The Morgan fingerprint density at radius 2 is 2.12 bits per heavy atom. The highest BCUT2D eigenvalue weighted by atomic mass is 15.0. The molecule has 3 nitrogen and oxygen atoms in total. The lowest BCUT2D eigenvalue weighted by Gasteiger charge is -2.40. The Hall–Kier alpha value is -0.830. The standard InChI is InChI=1S/C14H25N3/c1-10(2)8-12-11(3)16-13(17-12)14(9-15-4)6-5-7-14/h10,15H,5-9H2,1-4H3,(H,16,17). The van der Waals surface area contributed by atoms with Crippen molar-refractivity contribution in [2.45, 2.75) is 51.9 Å². The Kier molecular flexibility index (Phi) is 3.57. The number of H-pyrrole nitrogens is 1. The normalized spacial score (nSPS) is 18.4. The lowest BCUT2D eigenvalue weighted by atomic mass is 9.68. The Morgan fingerprint density at radius 1 is 1.41 bits per heavy atom. The maximum absolute atomic E-state index is 4.87. The van der Waals surface area contributed by atoms with E-state index in [2.05, 4.69) is 31.1 Å². The third-order valence-corrected chi connectivity index (χ3v) is 3.92. The highest BCUT2D eigenvalue weighted by Crippen LogP contribution is 2.42. The van der Waals surface area contributed by atoms with Crippen LogP contribution in [0.1, 0.15) is 50.3 Å². The van der Waals surface area contributed by atoms with E-state index in [-0.39, 0.29) is 5.41 Å². The molecule has 0 aromatic carbocycles. The highest BCUT2D eigenvalue weighted by molar-refractivity contribution is 5.22. The quantitative estimate of drug-likeness (QED) is 0.823. The fourth-order valence-corrected chi connectivity index (χ4v) is 2.77. The van der Waals surface area contributed by atoms with Gasteiger partial charge in [0.05, 0.1) is 5.69 Å². The molecule has 3 heteroatoms. The molecule has 0 aliphatic heterocycles. The minimum Gasteiger partial charge on any atom is -0.345 e. The number of likely N-dealkylation sites (N-methyl/N-ethyl adjacent to an activating group) is 1. The van der Waals surface area contributed by atoms with Crippen LogP contribution in [0, 0.1) is 12.8 Å². The lowest BCUT2D eigenvalue weighted by Crippen LogP contribution is -2.43. The summed E-state index contributed by atoms with van der Waals surface area (Å²) in [5.41, 5.74) is 2.81. The van der Waals surface area contributed by atoms with Gasteiger partial charge >= 0.3 is 0 Å². The molecule has 2 rings (SSSR count). The van der Waals surface area contributed by atoms with Crippen molar-refractivity contribution in [2.24, 2.45) is 5.92 Å². The monoisotopic (exact) mass is 235 g/mol. The lowest BCUT2D eigenvalue weighted by molar-refractivity contribution is 0.226. The number of hydrogen-bond acceptors (Lipinski definition) is 2. The number of rotatable bonds is 5. The number of aromatic amines is 1. The zero-order chi connectivity index (χ0) is 12.5. The van der Waals surface area contributed by atoms with Crippen molar-refractivity contribution in [3.8, 4) is 0 Å². The third kappa shape index (κ3) is 2.39. The summed E-state index contributed by atoms with van der Waals surface area (Å²) in [5, 5.41) is 3.32. The first-order valence-electron chi connectivity index (χ1n) is 6.78. The Bertz CT molecular complexity index is 375. The summed E-state index contributed by atoms with van der Waals surface area (Å²) in [5.74, 6) is 1.89. The van der Waals surface area contributed by atoms with E-state index >= 15 is 0 Å². The zero-order valence-electron chi connectivity index (χ0n) is 11.6. The van der Waals surface area contributed by atoms with Crippen molar-refractivity contribution in [1.29, 1.82) is 0 Å². The molecule has 0 saturated heterocycles. The number of hydrogen-bond donors (Lipinski definition) is 2. The van der Waals surface area contributed by atoms with Gasteiger partial charge in [-0.3, -0.25) is 0 Å². The summed E-state index contributed by atoms with van der Waals surface area (Å²) in [6, 6.07) is 0. The second-order valence-electron chi connectivity index (χ2n) is 5.92. The van der Waals surface area contributed by atoms with Crippen molar-refractivity contribution < 1.29 is 0 Å². The average Bonchev–Trinajstić information content (AvgIpc) is 2.53. The van der Waals surface area contributed by atoms with Crippen LogP contribution in [0.3, 0.4) is 0 Å². The van der Waals surface area contributed by atoms with Gasteiger partial charge in [-0.25, -0.2) is 4.98 Å². The van der Waals surface area contributed by atoms with Gasteiger partial charge in [0.1, 0.15) is 5.82 Å². The van der Waals surface area contributed by atoms with Crippen molar-refractivity contribution in [3.05, 3.63) is 17.2 Å². The van der Waals surface area contributed by atoms with Crippen LogP contribution in [0.25, 0.3) is 0 Å². The van der Waals surface area contributed by atoms with E-state index in [1.807, 2.05) is 7.05 Å². The van der Waals surface area contributed by atoms with Gasteiger partial charge in [0.25, 0.3) is 0 Å².